The van der Waals surface area contributed by atoms with E-state index in [1.807, 2.05) is 0 Å². The first-order chi connectivity index (χ1) is 8.66. The molecule has 0 bridgehead atoms. The van der Waals surface area contributed by atoms with Crippen LogP contribution in [0, 0.1) is 0 Å². The predicted octanol–water partition coefficient (Wildman–Crippen LogP) is 0.860. The minimum atomic E-state index is -1.08. The Hall–Kier alpha value is -1.95. The van der Waals surface area contributed by atoms with Crippen LogP contribution in [0.25, 0.3) is 0 Å². The van der Waals surface area contributed by atoms with Crippen LogP contribution in [-0.2, 0) is 4.79 Å². The molecule has 3 N–H and O–H groups in total. The van der Waals surface area contributed by atoms with E-state index in [2.05, 4.69) is 15.6 Å². The lowest BCUT2D eigenvalue weighted by molar-refractivity contribution is -0.118. The Bertz CT molecular complexity index is 438. The van der Waals surface area contributed by atoms with Crippen molar-refractivity contribution in [2.75, 3.05) is 11.9 Å². The molecule has 1 aromatic heterocycles. The topological polar surface area (TPSA) is 91.3 Å². The molecule has 2 heterocycles. The quantitative estimate of drug-likeness (QED) is 0.739. The molecule has 1 aliphatic heterocycles. The lowest BCUT2D eigenvalue weighted by Crippen LogP contribution is -2.43. The second kappa shape index (κ2) is 5.59. The standard InChI is InChI=1S/C12H15N3O3/c16-11(9-3-1-2-6-13-9)15-8-4-5-10(12(17)18)14-7-8/h4-5,7,9,13H,1-3,6H2,(H,15,16)(H,17,18). The highest BCUT2D eigenvalue weighted by Crippen LogP contribution is 2.11. The summed E-state index contributed by atoms with van der Waals surface area (Å²) < 4.78 is 0. The monoisotopic (exact) mass is 249 g/mol. The van der Waals surface area contributed by atoms with E-state index in [1.165, 1.54) is 18.3 Å². The van der Waals surface area contributed by atoms with E-state index >= 15 is 0 Å². The number of nitrogens with one attached hydrogen (secondary N) is 2. The molecule has 1 saturated heterocycles. The van der Waals surface area contributed by atoms with Gasteiger partial charge in [-0.2, -0.15) is 0 Å². The Labute approximate surface area is 104 Å². The molecule has 1 atom stereocenters. The van der Waals surface area contributed by atoms with Gasteiger partial charge in [0, 0.05) is 0 Å². The van der Waals surface area contributed by atoms with Crippen molar-refractivity contribution in [1.29, 1.82) is 0 Å². The molecule has 1 aromatic rings. The highest BCUT2D eigenvalue weighted by molar-refractivity contribution is 5.95. The number of aromatic nitrogens is 1. The van der Waals surface area contributed by atoms with Crippen molar-refractivity contribution in [1.82, 2.24) is 10.3 Å². The molecule has 0 aliphatic carbocycles. The third-order valence-corrected chi connectivity index (χ3v) is 2.88. The Morgan fingerprint density at radius 3 is 2.78 bits per heavy atom. The van der Waals surface area contributed by atoms with Gasteiger partial charge in [-0.15, -0.1) is 0 Å². The second-order valence-corrected chi connectivity index (χ2v) is 4.23. The molecule has 18 heavy (non-hydrogen) atoms. The van der Waals surface area contributed by atoms with Crippen molar-refractivity contribution in [2.45, 2.75) is 25.3 Å². The minimum Gasteiger partial charge on any atom is -0.477 e. The van der Waals surface area contributed by atoms with Crippen molar-refractivity contribution >= 4 is 17.6 Å². The number of carboxylic acid groups (broad SMARTS) is 1. The molecule has 1 aliphatic rings. The first-order valence-corrected chi connectivity index (χ1v) is 5.90. The van der Waals surface area contributed by atoms with Gasteiger partial charge >= 0.3 is 5.97 Å². The molecular weight excluding hydrogens is 234 g/mol. The van der Waals surface area contributed by atoms with E-state index in [4.69, 9.17) is 5.11 Å². The highest BCUT2D eigenvalue weighted by atomic mass is 16.4. The SMILES string of the molecule is O=C(O)c1ccc(NC(=O)C2CCCCN2)cn1. The summed E-state index contributed by atoms with van der Waals surface area (Å²) in [4.78, 5) is 26.2. The molecule has 0 radical (unpaired) electrons. The van der Waals surface area contributed by atoms with E-state index in [-0.39, 0.29) is 17.6 Å². The summed E-state index contributed by atoms with van der Waals surface area (Å²) in [5.41, 5.74) is 0.473. The van der Waals surface area contributed by atoms with Crippen LogP contribution in [0.4, 0.5) is 5.69 Å². The van der Waals surface area contributed by atoms with Crippen LogP contribution in [0.1, 0.15) is 29.8 Å². The maximum atomic E-state index is 11.9. The van der Waals surface area contributed by atoms with Crippen LogP contribution in [0.3, 0.4) is 0 Å². The van der Waals surface area contributed by atoms with E-state index in [1.54, 1.807) is 0 Å². The highest BCUT2D eigenvalue weighted by Gasteiger charge is 2.20. The van der Waals surface area contributed by atoms with Crippen LogP contribution >= 0.6 is 0 Å². The third-order valence-electron chi connectivity index (χ3n) is 2.88. The van der Waals surface area contributed by atoms with Crippen LogP contribution in [-0.4, -0.2) is 34.6 Å². The normalized spacial score (nSPS) is 19.2. The fourth-order valence-corrected chi connectivity index (χ4v) is 1.90. The number of hydrogen-bond acceptors (Lipinski definition) is 4. The minimum absolute atomic E-state index is 0.0382. The van der Waals surface area contributed by atoms with E-state index in [0.717, 1.165) is 25.8 Å². The Morgan fingerprint density at radius 2 is 2.22 bits per heavy atom. The van der Waals surface area contributed by atoms with E-state index in [0.29, 0.717) is 5.69 Å². The lowest BCUT2D eigenvalue weighted by atomic mass is 10.0. The van der Waals surface area contributed by atoms with Crippen molar-refractivity contribution in [3.63, 3.8) is 0 Å². The number of carboxylic acids is 1. The summed E-state index contributed by atoms with van der Waals surface area (Å²) in [7, 11) is 0. The fourth-order valence-electron chi connectivity index (χ4n) is 1.90. The first-order valence-electron chi connectivity index (χ1n) is 5.90. The molecule has 1 unspecified atom stereocenters. The zero-order valence-electron chi connectivity index (χ0n) is 9.85. The number of piperidine rings is 1. The average Bonchev–Trinajstić information content (AvgIpc) is 2.40. The number of aromatic carboxylic acids is 1. The van der Waals surface area contributed by atoms with Gasteiger partial charge in [-0.3, -0.25) is 4.79 Å². The van der Waals surface area contributed by atoms with Gasteiger partial charge in [0.25, 0.3) is 0 Å². The second-order valence-electron chi connectivity index (χ2n) is 4.23. The van der Waals surface area contributed by atoms with Gasteiger partial charge in [0.1, 0.15) is 5.69 Å². The average molecular weight is 249 g/mol. The zero-order valence-corrected chi connectivity index (χ0v) is 9.85. The van der Waals surface area contributed by atoms with Gasteiger partial charge in [-0.25, -0.2) is 9.78 Å². The van der Waals surface area contributed by atoms with Crippen LogP contribution in [0.5, 0.6) is 0 Å². The summed E-state index contributed by atoms with van der Waals surface area (Å²) in [6.07, 6.45) is 4.32. The molecule has 6 heteroatoms. The summed E-state index contributed by atoms with van der Waals surface area (Å²) >= 11 is 0. The number of carbonyl (C=O) groups is 2. The molecule has 0 spiro atoms. The number of nitrogens with zero attached hydrogens (tertiary/aromatic N) is 1. The van der Waals surface area contributed by atoms with Crippen molar-refractivity contribution in [2.24, 2.45) is 0 Å². The number of hydrogen-bond donors (Lipinski definition) is 3. The van der Waals surface area contributed by atoms with E-state index < -0.39 is 5.97 Å². The van der Waals surface area contributed by atoms with Crippen LogP contribution in [0.2, 0.25) is 0 Å². The molecule has 0 saturated carbocycles. The van der Waals surface area contributed by atoms with Gasteiger partial charge in [-0.1, -0.05) is 6.42 Å². The van der Waals surface area contributed by atoms with Gasteiger partial charge in [0.15, 0.2) is 0 Å². The number of carbonyl (C=O) groups excluding carboxylic acids is 1. The maximum Gasteiger partial charge on any atom is 0.354 e. The van der Waals surface area contributed by atoms with Crippen LogP contribution < -0.4 is 10.6 Å². The zero-order chi connectivity index (χ0) is 13.0. The van der Waals surface area contributed by atoms with Crippen molar-refractivity contribution in [3.05, 3.63) is 24.0 Å². The van der Waals surface area contributed by atoms with Gasteiger partial charge in [0.2, 0.25) is 5.91 Å². The summed E-state index contributed by atoms with van der Waals surface area (Å²) in [5.74, 6) is -1.18. The molecular formula is C12H15N3O3. The molecule has 2 rings (SSSR count). The van der Waals surface area contributed by atoms with Gasteiger partial charge < -0.3 is 15.7 Å². The summed E-state index contributed by atoms with van der Waals surface area (Å²) in [5, 5.41) is 14.6. The molecule has 96 valence electrons. The first kappa shape index (κ1) is 12.5. The Morgan fingerprint density at radius 1 is 1.39 bits per heavy atom. The van der Waals surface area contributed by atoms with E-state index in [9.17, 15) is 9.59 Å². The lowest BCUT2D eigenvalue weighted by Gasteiger charge is -2.22. The molecule has 6 nitrogen and oxygen atoms in total. The van der Waals surface area contributed by atoms with Gasteiger partial charge in [-0.05, 0) is 31.5 Å². The third kappa shape index (κ3) is 3.04. The largest absolute Gasteiger partial charge is 0.477 e. The molecule has 1 fully saturated rings. The number of anilines is 1. The Balaban J connectivity index is 1.96. The molecule has 1 amide bonds. The smallest absolute Gasteiger partial charge is 0.354 e. The summed E-state index contributed by atoms with van der Waals surface area (Å²) in [6.45, 7) is 0.855. The van der Waals surface area contributed by atoms with Crippen molar-refractivity contribution < 1.29 is 14.7 Å². The predicted molar refractivity (Wildman–Crippen MR) is 65.5 cm³/mol. The van der Waals surface area contributed by atoms with Crippen molar-refractivity contribution in [3.8, 4) is 0 Å². The number of pyridine rings is 1. The number of amides is 1. The molecule has 0 aromatic carbocycles. The van der Waals surface area contributed by atoms with Crippen LogP contribution in [0.15, 0.2) is 18.3 Å². The summed E-state index contributed by atoms with van der Waals surface area (Å²) in [6, 6.07) is 2.74. The fraction of sp³-hybridized carbons (Fsp3) is 0.417. The number of rotatable bonds is 3. The van der Waals surface area contributed by atoms with Gasteiger partial charge in [0.05, 0.1) is 17.9 Å². The maximum absolute atomic E-state index is 11.9. The Kier molecular flexibility index (Phi) is 3.88.